The monoisotopic (exact) mass is 744 g/mol. The Balaban J connectivity index is 0.000000261. The number of hydrogen-bond donors (Lipinski definition) is 0. The van der Waals surface area contributed by atoms with Crippen molar-refractivity contribution in [3.05, 3.63) is 166 Å². The first-order valence-electron chi connectivity index (χ1n) is 12.7. The van der Waals surface area contributed by atoms with E-state index >= 15 is 0 Å². The number of rotatable bonds is 0. The predicted octanol–water partition coefficient (Wildman–Crippen LogP) is 11.8. The van der Waals surface area contributed by atoms with Crippen LogP contribution >= 0.6 is 31.9 Å². The summed E-state index contributed by atoms with van der Waals surface area (Å²) in [5, 5.41) is 5.25. The van der Waals surface area contributed by atoms with E-state index in [-0.39, 0.29) is 26.2 Å². The van der Waals surface area contributed by atoms with Crippen molar-refractivity contribution in [1.82, 2.24) is 0 Å². The second-order valence-corrected chi connectivity index (χ2v) is 11.7. The van der Waals surface area contributed by atoms with Crippen molar-refractivity contribution >= 4 is 62.9 Å². The molecule has 0 heterocycles. The molecule has 6 aromatic carbocycles. The molecule has 0 N–H and O–H groups in total. The van der Waals surface area contributed by atoms with Gasteiger partial charge in [0.05, 0.1) is 0 Å². The maximum atomic E-state index is 3.72. The van der Waals surface area contributed by atoms with E-state index in [1.807, 2.05) is 60.7 Å². The van der Waals surface area contributed by atoms with Crippen molar-refractivity contribution in [2.24, 2.45) is 0 Å². The second-order valence-electron chi connectivity index (χ2n) is 9.02. The number of fused-ring (bicyclic) bond motifs is 2. The Morgan fingerprint density at radius 3 is 1.12 bits per heavy atom. The molecule has 0 saturated carbocycles. The van der Waals surface area contributed by atoms with Crippen LogP contribution in [0.5, 0.6) is 0 Å². The van der Waals surface area contributed by atoms with E-state index in [4.69, 9.17) is 0 Å². The second kappa shape index (κ2) is 19.9. The molecule has 0 aromatic heterocycles. The summed E-state index contributed by atoms with van der Waals surface area (Å²) < 4.78 is 2.37. The molecule has 0 nitrogen and oxygen atoms in total. The Hall–Kier alpha value is -2.10. The summed E-state index contributed by atoms with van der Waals surface area (Å²) in [6.07, 6.45) is 0. The number of hydrogen-bond acceptors (Lipinski definition) is 0. The van der Waals surface area contributed by atoms with Crippen molar-refractivity contribution < 1.29 is 26.2 Å². The normalized spacial score (nSPS) is 9.35. The van der Waals surface area contributed by atoms with E-state index in [2.05, 4.69) is 133 Å². The third-order valence-corrected chi connectivity index (χ3v) is 6.75. The first-order chi connectivity index (χ1) is 18.7. The molecule has 0 bridgehead atoms. The van der Waals surface area contributed by atoms with Crippen LogP contribution in [0.4, 0.5) is 0 Å². The minimum atomic E-state index is 0. The van der Waals surface area contributed by atoms with Crippen LogP contribution in [0.25, 0.3) is 21.5 Å². The Kier molecular flexibility index (Phi) is 17.9. The van der Waals surface area contributed by atoms with Gasteiger partial charge in [-0.3, -0.25) is 0 Å². The van der Waals surface area contributed by atoms with Crippen molar-refractivity contribution in [3.63, 3.8) is 0 Å². The fourth-order valence-corrected chi connectivity index (χ4v) is 4.64. The third kappa shape index (κ3) is 13.0. The zero-order valence-electron chi connectivity index (χ0n) is 23.7. The van der Waals surface area contributed by atoms with Crippen LogP contribution in [0.2, 0.25) is 13.1 Å². The molecule has 0 aliphatic carbocycles. The van der Waals surface area contributed by atoms with Crippen molar-refractivity contribution in [2.75, 3.05) is 0 Å². The smallest absolute Gasteiger partial charge is 0.199 e. The van der Waals surface area contributed by atoms with Crippen LogP contribution in [-0.4, -0.2) is 9.52 Å². The van der Waals surface area contributed by atoms with E-state index in [1.165, 1.54) is 41.6 Å². The van der Waals surface area contributed by atoms with Gasteiger partial charge in [0.25, 0.3) is 0 Å². The molecule has 6 aromatic rings. The summed E-state index contributed by atoms with van der Waals surface area (Å²) in [6, 6.07) is 41.1. The molecule has 0 fully saturated rings. The van der Waals surface area contributed by atoms with Gasteiger partial charge in [0, 0.05) is 9.52 Å². The van der Waals surface area contributed by atoms with Gasteiger partial charge < -0.3 is 0 Å². The minimum absolute atomic E-state index is 0. The molecule has 6 rings (SSSR count). The van der Waals surface area contributed by atoms with Gasteiger partial charge in [-0.2, -0.15) is 61.4 Å². The van der Waals surface area contributed by atoms with Gasteiger partial charge >= 0.3 is 26.2 Å². The molecule has 202 valence electrons. The average Bonchev–Trinajstić information content (AvgIpc) is 3.49. The molecule has 0 unspecified atom stereocenters. The van der Waals surface area contributed by atoms with Crippen molar-refractivity contribution in [3.8, 4) is 0 Å². The molecule has 0 aliphatic heterocycles. The van der Waals surface area contributed by atoms with Crippen LogP contribution in [0.15, 0.2) is 130 Å². The Labute approximate surface area is 280 Å². The van der Waals surface area contributed by atoms with Gasteiger partial charge in [-0.05, 0) is 8.95 Å². The summed E-state index contributed by atoms with van der Waals surface area (Å²) in [7, 11) is 1.08. The first-order valence-corrected chi connectivity index (χ1v) is 16.3. The van der Waals surface area contributed by atoms with E-state index in [9.17, 15) is 0 Å². The number of halogens is 2. The SMILES string of the molecule is C[Si]C.Cc1cc2c(Br)cccc2[cH-]1.Cc1cc2c(Br)cccc2[cH-]1.[CH2-]c1ccccc1.[CH2-]c1ccccc1.[Zr+4]. The maximum absolute atomic E-state index is 3.72. The fourth-order valence-electron chi connectivity index (χ4n) is 3.65. The summed E-state index contributed by atoms with van der Waals surface area (Å²) in [5.41, 5.74) is 4.80. The molecule has 40 heavy (non-hydrogen) atoms. The van der Waals surface area contributed by atoms with E-state index in [0.717, 1.165) is 20.6 Å². The zero-order chi connectivity index (χ0) is 28.6. The molecule has 0 saturated heterocycles. The van der Waals surface area contributed by atoms with Crippen LogP contribution in [-0.2, 0) is 26.2 Å². The van der Waals surface area contributed by atoms with Crippen LogP contribution in [0, 0.1) is 27.7 Å². The van der Waals surface area contributed by atoms with Gasteiger partial charge in [-0.15, -0.1) is 93.3 Å². The van der Waals surface area contributed by atoms with Crippen LogP contribution in [0.1, 0.15) is 22.3 Å². The van der Waals surface area contributed by atoms with Gasteiger partial charge in [-0.25, -0.2) is 0 Å². The molecule has 0 aliphatic rings. The summed E-state index contributed by atoms with van der Waals surface area (Å²) in [6.45, 7) is 16.0. The Morgan fingerprint density at radius 1 is 0.550 bits per heavy atom. The third-order valence-electron chi connectivity index (χ3n) is 5.37. The van der Waals surface area contributed by atoms with E-state index < -0.39 is 0 Å². The zero-order valence-corrected chi connectivity index (χ0v) is 30.3. The molecule has 0 atom stereocenters. The summed E-state index contributed by atoms with van der Waals surface area (Å²) in [4.78, 5) is 0. The quantitative estimate of drug-likeness (QED) is 0.107. The van der Waals surface area contributed by atoms with Crippen molar-refractivity contribution in [1.29, 1.82) is 0 Å². The maximum Gasteiger partial charge on any atom is 4.00 e. The average molecular weight is 748 g/mol. The van der Waals surface area contributed by atoms with Crippen LogP contribution in [0.3, 0.4) is 0 Å². The summed E-state index contributed by atoms with van der Waals surface area (Å²) >= 11 is 7.02. The topological polar surface area (TPSA) is 0 Å². The van der Waals surface area contributed by atoms with Gasteiger partial charge in [-0.1, -0.05) is 83.1 Å². The van der Waals surface area contributed by atoms with E-state index in [1.54, 1.807) is 0 Å². The molecule has 0 spiro atoms. The standard InChI is InChI=1S/2C10H8Br.2C7H7.C2H6Si.Zr/c2*1-7-5-8-3-2-4-10(11)9(8)6-7;2*1-7-5-3-2-4-6-7;1-3-2;/h2*2-6H,1H3;2*2-6H,1H2;1-2H3;/q4*-1;;+4. The number of benzene rings is 4. The number of aryl methyl sites for hydroxylation is 2. The molecule has 0 amide bonds. The van der Waals surface area contributed by atoms with E-state index in [0.29, 0.717) is 0 Å². The Morgan fingerprint density at radius 2 is 0.875 bits per heavy atom. The first kappa shape index (κ1) is 35.9. The minimum Gasteiger partial charge on any atom is -0.199 e. The van der Waals surface area contributed by atoms with Gasteiger partial charge in [0.2, 0.25) is 0 Å². The predicted molar refractivity (Wildman–Crippen MR) is 183 cm³/mol. The molecule has 4 heteroatoms. The molecule has 2 radical (unpaired) electrons. The molecular weight excluding hydrogens is 712 g/mol. The summed E-state index contributed by atoms with van der Waals surface area (Å²) in [5.74, 6) is 0. The molecular formula is C36H36Br2SiZr. The Bertz CT molecular complexity index is 1390. The van der Waals surface area contributed by atoms with Crippen molar-refractivity contribution in [2.45, 2.75) is 26.9 Å². The van der Waals surface area contributed by atoms with Gasteiger partial charge in [0.1, 0.15) is 0 Å². The van der Waals surface area contributed by atoms with Crippen LogP contribution < -0.4 is 0 Å². The largest absolute Gasteiger partial charge is 4.00 e. The fraction of sp³-hybridized carbons (Fsp3) is 0.111. The van der Waals surface area contributed by atoms with Gasteiger partial charge in [0.15, 0.2) is 0 Å².